The Morgan fingerprint density at radius 3 is 2.50 bits per heavy atom. The standard InChI is InChI=1S/C15H21NO2/c1-4-18-14-9-7-13(8-10-14)15(17)16(3)11(2)12-5-6-12/h7-12H,4-6H2,1-3H3. The van der Waals surface area contributed by atoms with E-state index < -0.39 is 0 Å². The number of rotatable bonds is 5. The first-order valence-electron chi connectivity index (χ1n) is 6.63. The Morgan fingerprint density at radius 1 is 1.39 bits per heavy atom. The van der Waals surface area contributed by atoms with Crippen molar-refractivity contribution >= 4 is 5.91 Å². The van der Waals surface area contributed by atoms with Gasteiger partial charge in [0.2, 0.25) is 0 Å². The van der Waals surface area contributed by atoms with E-state index in [0.717, 1.165) is 11.3 Å². The molecular formula is C15H21NO2. The van der Waals surface area contributed by atoms with E-state index in [9.17, 15) is 4.79 Å². The molecule has 0 spiro atoms. The van der Waals surface area contributed by atoms with Crippen LogP contribution in [0.4, 0.5) is 0 Å². The fourth-order valence-corrected chi connectivity index (χ4v) is 2.14. The van der Waals surface area contributed by atoms with Crippen molar-refractivity contribution in [2.45, 2.75) is 32.7 Å². The van der Waals surface area contributed by atoms with E-state index in [4.69, 9.17) is 4.74 Å². The average Bonchev–Trinajstić information content (AvgIpc) is 3.22. The van der Waals surface area contributed by atoms with Crippen molar-refractivity contribution in [3.8, 4) is 5.75 Å². The molecule has 0 saturated heterocycles. The molecule has 1 saturated carbocycles. The van der Waals surface area contributed by atoms with Crippen molar-refractivity contribution in [1.29, 1.82) is 0 Å². The van der Waals surface area contributed by atoms with Crippen LogP contribution >= 0.6 is 0 Å². The molecular weight excluding hydrogens is 226 g/mol. The van der Waals surface area contributed by atoms with Gasteiger partial charge >= 0.3 is 0 Å². The van der Waals surface area contributed by atoms with Crippen LogP contribution in [-0.4, -0.2) is 30.5 Å². The highest BCUT2D eigenvalue weighted by atomic mass is 16.5. The summed E-state index contributed by atoms with van der Waals surface area (Å²) in [6, 6.07) is 7.72. The smallest absolute Gasteiger partial charge is 0.253 e. The summed E-state index contributed by atoms with van der Waals surface area (Å²) in [5, 5.41) is 0. The molecule has 1 aromatic rings. The molecule has 1 fully saturated rings. The van der Waals surface area contributed by atoms with E-state index in [1.807, 2.05) is 43.1 Å². The Kier molecular flexibility index (Phi) is 3.90. The Morgan fingerprint density at radius 2 is 2.00 bits per heavy atom. The second-order valence-corrected chi connectivity index (χ2v) is 4.95. The Balaban J connectivity index is 2.03. The molecule has 18 heavy (non-hydrogen) atoms. The molecule has 3 heteroatoms. The van der Waals surface area contributed by atoms with Crippen molar-refractivity contribution < 1.29 is 9.53 Å². The van der Waals surface area contributed by atoms with Gasteiger partial charge in [-0.05, 0) is 56.9 Å². The number of hydrogen-bond donors (Lipinski definition) is 0. The number of carbonyl (C=O) groups excluding carboxylic acids is 1. The average molecular weight is 247 g/mol. The third-order valence-corrected chi connectivity index (χ3v) is 3.65. The van der Waals surface area contributed by atoms with Gasteiger partial charge in [0.15, 0.2) is 0 Å². The minimum Gasteiger partial charge on any atom is -0.494 e. The van der Waals surface area contributed by atoms with Crippen LogP contribution in [0.25, 0.3) is 0 Å². The highest BCUT2D eigenvalue weighted by Gasteiger charge is 2.32. The molecule has 1 amide bonds. The van der Waals surface area contributed by atoms with Gasteiger partial charge in [-0.3, -0.25) is 4.79 Å². The molecule has 0 bridgehead atoms. The first-order chi connectivity index (χ1) is 8.63. The lowest BCUT2D eigenvalue weighted by Gasteiger charge is -2.25. The first-order valence-corrected chi connectivity index (χ1v) is 6.63. The van der Waals surface area contributed by atoms with Gasteiger partial charge in [-0.2, -0.15) is 0 Å². The molecule has 0 heterocycles. The largest absolute Gasteiger partial charge is 0.494 e. The second kappa shape index (κ2) is 5.42. The van der Waals surface area contributed by atoms with E-state index in [0.29, 0.717) is 18.6 Å². The Labute approximate surface area is 109 Å². The topological polar surface area (TPSA) is 29.5 Å². The van der Waals surface area contributed by atoms with Gasteiger partial charge in [0, 0.05) is 18.7 Å². The monoisotopic (exact) mass is 247 g/mol. The molecule has 98 valence electrons. The van der Waals surface area contributed by atoms with Gasteiger partial charge in [-0.15, -0.1) is 0 Å². The van der Waals surface area contributed by atoms with Gasteiger partial charge in [-0.25, -0.2) is 0 Å². The maximum absolute atomic E-state index is 12.3. The number of benzene rings is 1. The summed E-state index contributed by atoms with van der Waals surface area (Å²) in [5.74, 6) is 1.60. The fourth-order valence-electron chi connectivity index (χ4n) is 2.14. The van der Waals surface area contributed by atoms with Crippen LogP contribution < -0.4 is 4.74 Å². The lowest BCUT2D eigenvalue weighted by molar-refractivity contribution is 0.0727. The highest BCUT2D eigenvalue weighted by Crippen LogP contribution is 2.35. The number of ether oxygens (including phenoxy) is 1. The molecule has 2 rings (SSSR count). The molecule has 0 N–H and O–H groups in total. The van der Waals surface area contributed by atoms with E-state index >= 15 is 0 Å². The van der Waals surface area contributed by atoms with Gasteiger partial charge in [0.05, 0.1) is 6.61 Å². The molecule has 1 aromatic carbocycles. The molecule has 3 nitrogen and oxygen atoms in total. The van der Waals surface area contributed by atoms with Crippen molar-refractivity contribution in [3.05, 3.63) is 29.8 Å². The van der Waals surface area contributed by atoms with Crippen molar-refractivity contribution in [3.63, 3.8) is 0 Å². The summed E-state index contributed by atoms with van der Waals surface area (Å²) in [6.07, 6.45) is 2.50. The quantitative estimate of drug-likeness (QED) is 0.800. The van der Waals surface area contributed by atoms with Gasteiger partial charge < -0.3 is 9.64 Å². The van der Waals surface area contributed by atoms with Crippen LogP contribution in [-0.2, 0) is 0 Å². The minimum absolute atomic E-state index is 0.0949. The predicted octanol–water partition coefficient (Wildman–Crippen LogP) is 2.96. The highest BCUT2D eigenvalue weighted by molar-refractivity contribution is 5.94. The molecule has 1 aliphatic rings. The van der Waals surface area contributed by atoms with E-state index in [-0.39, 0.29) is 5.91 Å². The molecule has 1 unspecified atom stereocenters. The second-order valence-electron chi connectivity index (χ2n) is 4.95. The molecule has 0 aromatic heterocycles. The molecule has 1 atom stereocenters. The first kappa shape index (κ1) is 12.9. The number of nitrogens with zero attached hydrogens (tertiary/aromatic N) is 1. The van der Waals surface area contributed by atoms with Crippen LogP contribution in [0, 0.1) is 5.92 Å². The molecule has 0 radical (unpaired) electrons. The SMILES string of the molecule is CCOc1ccc(C(=O)N(C)C(C)C2CC2)cc1. The van der Waals surface area contributed by atoms with E-state index in [1.54, 1.807) is 0 Å². The van der Waals surface area contributed by atoms with E-state index in [1.165, 1.54) is 12.8 Å². The van der Waals surface area contributed by atoms with Crippen LogP contribution in [0.3, 0.4) is 0 Å². The van der Waals surface area contributed by atoms with Gasteiger partial charge in [-0.1, -0.05) is 0 Å². The summed E-state index contributed by atoms with van der Waals surface area (Å²) in [7, 11) is 1.89. The summed E-state index contributed by atoms with van der Waals surface area (Å²) >= 11 is 0. The van der Waals surface area contributed by atoms with Crippen LogP contribution in [0.2, 0.25) is 0 Å². The summed E-state index contributed by atoms with van der Waals surface area (Å²) < 4.78 is 5.37. The minimum atomic E-state index is 0.0949. The van der Waals surface area contributed by atoms with Gasteiger partial charge in [0.1, 0.15) is 5.75 Å². The van der Waals surface area contributed by atoms with Crippen molar-refractivity contribution in [2.24, 2.45) is 5.92 Å². The normalized spacial score (nSPS) is 16.2. The fraction of sp³-hybridized carbons (Fsp3) is 0.533. The Hall–Kier alpha value is -1.51. The summed E-state index contributed by atoms with van der Waals surface area (Å²) in [6.45, 7) is 4.72. The number of amides is 1. The number of carbonyl (C=O) groups is 1. The van der Waals surface area contributed by atoms with E-state index in [2.05, 4.69) is 6.92 Å². The zero-order chi connectivity index (χ0) is 13.1. The van der Waals surface area contributed by atoms with Crippen molar-refractivity contribution in [1.82, 2.24) is 4.90 Å². The zero-order valence-electron chi connectivity index (χ0n) is 11.3. The third-order valence-electron chi connectivity index (χ3n) is 3.65. The van der Waals surface area contributed by atoms with Gasteiger partial charge in [0.25, 0.3) is 5.91 Å². The van der Waals surface area contributed by atoms with Crippen LogP contribution in [0.1, 0.15) is 37.0 Å². The Bertz CT molecular complexity index is 409. The summed E-state index contributed by atoms with van der Waals surface area (Å²) in [5.41, 5.74) is 0.730. The maximum Gasteiger partial charge on any atom is 0.253 e. The van der Waals surface area contributed by atoms with Crippen LogP contribution in [0.5, 0.6) is 5.75 Å². The lowest BCUT2D eigenvalue weighted by Crippen LogP contribution is -2.36. The molecule has 0 aliphatic heterocycles. The lowest BCUT2D eigenvalue weighted by atomic mass is 10.1. The predicted molar refractivity (Wildman–Crippen MR) is 71.9 cm³/mol. The van der Waals surface area contributed by atoms with Crippen LogP contribution in [0.15, 0.2) is 24.3 Å². The molecule has 1 aliphatic carbocycles. The van der Waals surface area contributed by atoms with Crippen molar-refractivity contribution in [2.75, 3.05) is 13.7 Å². The summed E-state index contributed by atoms with van der Waals surface area (Å²) in [4.78, 5) is 14.1. The maximum atomic E-state index is 12.3. The number of hydrogen-bond acceptors (Lipinski definition) is 2. The zero-order valence-corrected chi connectivity index (χ0v) is 11.3. The third kappa shape index (κ3) is 2.84.